The zero-order valence-electron chi connectivity index (χ0n) is 12.1. The fourth-order valence-corrected chi connectivity index (χ4v) is 2.56. The third kappa shape index (κ3) is 2.83. The summed E-state index contributed by atoms with van der Waals surface area (Å²) in [7, 11) is 1.59. The van der Waals surface area contributed by atoms with Gasteiger partial charge in [0.05, 0.1) is 7.11 Å². The molecule has 0 aromatic heterocycles. The van der Waals surface area contributed by atoms with Crippen LogP contribution < -0.4 is 19.3 Å². The van der Waals surface area contributed by atoms with E-state index in [-0.39, 0.29) is 19.1 Å². The fraction of sp³-hybridized carbons (Fsp3) is 0.235. The van der Waals surface area contributed by atoms with Gasteiger partial charge in [0.15, 0.2) is 11.5 Å². The van der Waals surface area contributed by atoms with Gasteiger partial charge in [0.2, 0.25) is 6.79 Å². The Morgan fingerprint density at radius 2 is 1.82 bits per heavy atom. The van der Waals surface area contributed by atoms with Crippen LogP contribution in [0.4, 0.5) is 0 Å². The summed E-state index contributed by atoms with van der Waals surface area (Å²) < 4.78 is 15.8. The molecule has 0 bridgehead atoms. The molecule has 1 aliphatic rings. The number of aliphatic carboxylic acids is 1. The zero-order valence-corrected chi connectivity index (χ0v) is 12.1. The normalized spacial score (nSPS) is 13.7. The Kier molecular flexibility index (Phi) is 3.87. The summed E-state index contributed by atoms with van der Waals surface area (Å²) in [6.45, 7) is 0.187. The molecule has 0 radical (unpaired) electrons. The average molecular weight is 299 g/mol. The van der Waals surface area contributed by atoms with Crippen molar-refractivity contribution in [2.75, 3.05) is 13.9 Å². The number of hydrogen-bond donors (Lipinski definition) is 0. The van der Waals surface area contributed by atoms with Crippen molar-refractivity contribution in [1.82, 2.24) is 0 Å². The van der Waals surface area contributed by atoms with Crippen LogP contribution in [0.25, 0.3) is 0 Å². The van der Waals surface area contributed by atoms with Gasteiger partial charge in [-0.2, -0.15) is 0 Å². The van der Waals surface area contributed by atoms with Crippen LogP contribution in [0.1, 0.15) is 23.5 Å². The molecule has 0 unspecified atom stereocenters. The lowest BCUT2D eigenvalue weighted by Gasteiger charge is -2.19. The van der Waals surface area contributed by atoms with Gasteiger partial charge in [-0.05, 0) is 41.8 Å². The van der Waals surface area contributed by atoms with Crippen molar-refractivity contribution in [3.8, 4) is 17.2 Å². The third-order valence-corrected chi connectivity index (χ3v) is 3.69. The largest absolute Gasteiger partial charge is 0.550 e. The number of fused-ring (bicyclic) bond motifs is 1. The van der Waals surface area contributed by atoms with Crippen LogP contribution in [-0.2, 0) is 4.79 Å². The molecule has 3 rings (SSSR count). The van der Waals surface area contributed by atoms with Crippen LogP contribution in [0, 0.1) is 0 Å². The summed E-state index contributed by atoms with van der Waals surface area (Å²) in [5.74, 6) is 0.616. The maximum Gasteiger partial charge on any atom is 0.231 e. The first kappa shape index (κ1) is 14.3. The van der Waals surface area contributed by atoms with E-state index in [4.69, 9.17) is 14.2 Å². The number of benzene rings is 2. The van der Waals surface area contributed by atoms with Crippen LogP contribution in [0.2, 0.25) is 0 Å². The van der Waals surface area contributed by atoms with Gasteiger partial charge in [0.1, 0.15) is 5.75 Å². The van der Waals surface area contributed by atoms with Crippen molar-refractivity contribution in [2.24, 2.45) is 0 Å². The minimum Gasteiger partial charge on any atom is -0.550 e. The van der Waals surface area contributed by atoms with Gasteiger partial charge in [-0.15, -0.1) is 0 Å². The molecule has 0 saturated heterocycles. The van der Waals surface area contributed by atoms with Gasteiger partial charge in [-0.1, -0.05) is 18.2 Å². The smallest absolute Gasteiger partial charge is 0.231 e. The lowest BCUT2D eigenvalue weighted by atomic mass is 9.88. The molecule has 0 spiro atoms. The topological polar surface area (TPSA) is 67.8 Å². The Morgan fingerprint density at radius 3 is 2.50 bits per heavy atom. The summed E-state index contributed by atoms with van der Waals surface area (Å²) in [5, 5.41) is 11.1. The minimum atomic E-state index is -1.10. The summed E-state index contributed by atoms with van der Waals surface area (Å²) in [4.78, 5) is 11.1. The van der Waals surface area contributed by atoms with E-state index in [0.717, 1.165) is 16.9 Å². The van der Waals surface area contributed by atoms with Crippen molar-refractivity contribution in [2.45, 2.75) is 12.3 Å². The molecule has 114 valence electrons. The Balaban J connectivity index is 1.96. The number of hydrogen-bond acceptors (Lipinski definition) is 5. The van der Waals surface area contributed by atoms with E-state index < -0.39 is 5.97 Å². The van der Waals surface area contributed by atoms with Gasteiger partial charge >= 0.3 is 0 Å². The maximum atomic E-state index is 11.1. The zero-order chi connectivity index (χ0) is 15.5. The van der Waals surface area contributed by atoms with E-state index in [1.807, 2.05) is 36.4 Å². The molecule has 22 heavy (non-hydrogen) atoms. The fourth-order valence-electron chi connectivity index (χ4n) is 2.56. The van der Waals surface area contributed by atoms with Crippen molar-refractivity contribution >= 4 is 5.97 Å². The number of ether oxygens (including phenoxy) is 3. The molecule has 1 atom stereocenters. The minimum absolute atomic E-state index is 0.105. The van der Waals surface area contributed by atoms with E-state index in [1.165, 1.54) is 0 Å². The first-order valence-electron chi connectivity index (χ1n) is 6.90. The molecule has 2 aromatic carbocycles. The lowest BCUT2D eigenvalue weighted by Crippen LogP contribution is -2.24. The lowest BCUT2D eigenvalue weighted by molar-refractivity contribution is -0.305. The van der Waals surface area contributed by atoms with Crippen molar-refractivity contribution in [3.05, 3.63) is 53.6 Å². The van der Waals surface area contributed by atoms with Crippen molar-refractivity contribution < 1.29 is 24.1 Å². The Labute approximate surface area is 128 Å². The van der Waals surface area contributed by atoms with Crippen molar-refractivity contribution in [1.29, 1.82) is 0 Å². The highest BCUT2D eigenvalue weighted by molar-refractivity contribution is 5.67. The molecule has 5 nitrogen and oxygen atoms in total. The second-order valence-electron chi connectivity index (χ2n) is 5.01. The van der Waals surface area contributed by atoms with E-state index in [1.54, 1.807) is 13.2 Å². The first-order chi connectivity index (χ1) is 10.7. The molecule has 5 heteroatoms. The SMILES string of the molecule is COc1ccc([C@@H](CC(=O)[O-])c2ccc3c(c2)OCO3)cc1. The molecule has 0 N–H and O–H groups in total. The number of carbonyl (C=O) groups excluding carboxylic acids is 1. The molecule has 0 aliphatic carbocycles. The van der Waals surface area contributed by atoms with Crippen LogP contribution in [0.5, 0.6) is 17.2 Å². The number of carboxylic acid groups (broad SMARTS) is 1. The van der Waals surface area contributed by atoms with Gasteiger partial charge < -0.3 is 24.1 Å². The highest BCUT2D eigenvalue weighted by atomic mass is 16.7. The van der Waals surface area contributed by atoms with E-state index in [0.29, 0.717) is 11.5 Å². The molecule has 1 heterocycles. The molecular weight excluding hydrogens is 284 g/mol. The predicted molar refractivity (Wildman–Crippen MR) is 77.0 cm³/mol. The monoisotopic (exact) mass is 299 g/mol. The van der Waals surface area contributed by atoms with Crippen LogP contribution >= 0.6 is 0 Å². The van der Waals surface area contributed by atoms with Crippen LogP contribution in [-0.4, -0.2) is 19.9 Å². The van der Waals surface area contributed by atoms with E-state index in [2.05, 4.69) is 0 Å². The van der Waals surface area contributed by atoms with E-state index >= 15 is 0 Å². The number of carbonyl (C=O) groups is 1. The molecular formula is C17H15O5-. The summed E-state index contributed by atoms with van der Waals surface area (Å²) in [5.41, 5.74) is 1.72. The second-order valence-corrected chi connectivity index (χ2v) is 5.01. The molecule has 1 aliphatic heterocycles. The summed E-state index contributed by atoms with van der Waals surface area (Å²) in [6, 6.07) is 12.8. The standard InChI is InChI=1S/C17H16O5/c1-20-13-5-2-11(3-6-13)14(9-17(18)19)12-4-7-15-16(8-12)22-10-21-15/h2-8,14H,9-10H2,1H3,(H,18,19)/p-1/t14-/m1/s1. The number of carboxylic acids is 1. The number of methoxy groups -OCH3 is 1. The average Bonchev–Trinajstić information content (AvgIpc) is 3.00. The molecule has 0 amide bonds. The summed E-state index contributed by atoms with van der Waals surface area (Å²) >= 11 is 0. The van der Waals surface area contributed by atoms with Gasteiger partial charge in [0.25, 0.3) is 0 Å². The Morgan fingerprint density at radius 1 is 1.14 bits per heavy atom. The Bertz CT molecular complexity index is 678. The maximum absolute atomic E-state index is 11.1. The van der Waals surface area contributed by atoms with Crippen LogP contribution in [0.15, 0.2) is 42.5 Å². The van der Waals surface area contributed by atoms with Gasteiger partial charge in [-0.25, -0.2) is 0 Å². The van der Waals surface area contributed by atoms with Crippen molar-refractivity contribution in [3.63, 3.8) is 0 Å². The summed E-state index contributed by atoms with van der Waals surface area (Å²) in [6.07, 6.45) is -0.105. The highest BCUT2D eigenvalue weighted by Gasteiger charge is 2.19. The first-order valence-corrected chi connectivity index (χ1v) is 6.90. The van der Waals surface area contributed by atoms with Gasteiger partial charge in [-0.3, -0.25) is 0 Å². The van der Waals surface area contributed by atoms with E-state index in [9.17, 15) is 9.90 Å². The molecule has 0 saturated carbocycles. The number of rotatable bonds is 5. The molecule has 0 fully saturated rings. The highest BCUT2D eigenvalue weighted by Crippen LogP contribution is 2.37. The molecule has 2 aromatic rings. The third-order valence-electron chi connectivity index (χ3n) is 3.69. The predicted octanol–water partition coefficient (Wildman–Crippen LogP) is 1.70. The Hall–Kier alpha value is -2.69. The van der Waals surface area contributed by atoms with Crippen LogP contribution in [0.3, 0.4) is 0 Å². The van der Waals surface area contributed by atoms with Gasteiger partial charge in [0, 0.05) is 11.9 Å². The second kappa shape index (κ2) is 5.97. The quantitative estimate of drug-likeness (QED) is 0.840.